The third-order valence-corrected chi connectivity index (χ3v) is 1.33. The molecule has 0 aromatic carbocycles. The standard InChI is InChI=1S/C6H12O.2CH4/c1-2-4-6-7-5-3-1;;/h1-6H2;2*1H4. The SMILES string of the molecule is C.C.C1CCCOCC1. The average Bonchev–Trinajstić information content (AvgIpc) is 1.90. The van der Waals surface area contributed by atoms with E-state index in [1.807, 2.05) is 0 Å². The van der Waals surface area contributed by atoms with Crippen LogP contribution in [0.15, 0.2) is 0 Å². The maximum absolute atomic E-state index is 5.19. The van der Waals surface area contributed by atoms with Crippen molar-refractivity contribution in [2.24, 2.45) is 0 Å². The maximum Gasteiger partial charge on any atom is 0.0466 e. The van der Waals surface area contributed by atoms with E-state index in [-0.39, 0.29) is 14.9 Å². The average molecular weight is 132 g/mol. The first kappa shape index (κ1) is 11.7. The third-order valence-electron chi connectivity index (χ3n) is 1.33. The Morgan fingerprint density at radius 2 is 1.11 bits per heavy atom. The molecule has 0 spiro atoms. The van der Waals surface area contributed by atoms with Crippen LogP contribution in [0.3, 0.4) is 0 Å². The van der Waals surface area contributed by atoms with Gasteiger partial charge in [0.15, 0.2) is 0 Å². The summed E-state index contributed by atoms with van der Waals surface area (Å²) in [5, 5.41) is 0. The van der Waals surface area contributed by atoms with E-state index >= 15 is 0 Å². The van der Waals surface area contributed by atoms with Gasteiger partial charge < -0.3 is 4.74 Å². The highest BCUT2D eigenvalue weighted by Gasteiger charge is 1.95. The van der Waals surface area contributed by atoms with Gasteiger partial charge in [-0.2, -0.15) is 0 Å². The minimum absolute atomic E-state index is 0. The van der Waals surface area contributed by atoms with E-state index in [2.05, 4.69) is 0 Å². The zero-order valence-electron chi connectivity index (χ0n) is 4.65. The lowest BCUT2D eigenvalue weighted by Crippen LogP contribution is -1.89. The van der Waals surface area contributed by atoms with Crippen molar-refractivity contribution in [1.82, 2.24) is 0 Å². The van der Waals surface area contributed by atoms with Crippen LogP contribution in [0.4, 0.5) is 0 Å². The van der Waals surface area contributed by atoms with Gasteiger partial charge in [0.05, 0.1) is 0 Å². The molecular formula is C8H20O. The van der Waals surface area contributed by atoms with Crippen LogP contribution >= 0.6 is 0 Å². The molecule has 0 aliphatic carbocycles. The van der Waals surface area contributed by atoms with Crippen LogP contribution in [0, 0.1) is 0 Å². The maximum atomic E-state index is 5.19. The Bertz CT molecular complexity index is 24.2. The Balaban J connectivity index is 0. The highest BCUT2D eigenvalue weighted by molar-refractivity contribution is 4.46. The lowest BCUT2D eigenvalue weighted by atomic mass is 10.2. The molecule has 58 valence electrons. The minimum Gasteiger partial charge on any atom is -0.381 e. The first-order valence-electron chi connectivity index (χ1n) is 3.08. The summed E-state index contributed by atoms with van der Waals surface area (Å²) in [6, 6.07) is 0. The molecule has 0 bridgehead atoms. The molecule has 0 aromatic rings. The fourth-order valence-electron chi connectivity index (χ4n) is 0.864. The topological polar surface area (TPSA) is 9.23 Å². The Kier molecular flexibility index (Phi) is 10.4. The van der Waals surface area contributed by atoms with Gasteiger partial charge in [0.2, 0.25) is 0 Å². The van der Waals surface area contributed by atoms with E-state index in [4.69, 9.17) is 4.74 Å². The highest BCUT2D eigenvalue weighted by Crippen LogP contribution is 2.04. The molecule has 1 aliphatic heterocycles. The summed E-state index contributed by atoms with van der Waals surface area (Å²) in [5.74, 6) is 0. The minimum atomic E-state index is 0. The molecule has 1 heteroatoms. The summed E-state index contributed by atoms with van der Waals surface area (Å²) >= 11 is 0. The Morgan fingerprint density at radius 3 is 1.56 bits per heavy atom. The fourth-order valence-corrected chi connectivity index (χ4v) is 0.864. The first-order chi connectivity index (χ1) is 3.50. The number of ether oxygens (including phenoxy) is 1. The van der Waals surface area contributed by atoms with Gasteiger partial charge in [-0.15, -0.1) is 0 Å². The van der Waals surface area contributed by atoms with Crippen molar-refractivity contribution in [1.29, 1.82) is 0 Å². The second kappa shape index (κ2) is 7.96. The normalized spacial score (nSPS) is 18.7. The van der Waals surface area contributed by atoms with Crippen LogP contribution in [0.5, 0.6) is 0 Å². The lowest BCUT2D eigenvalue weighted by molar-refractivity contribution is 0.144. The largest absolute Gasteiger partial charge is 0.381 e. The van der Waals surface area contributed by atoms with Crippen LogP contribution in [-0.4, -0.2) is 13.2 Å². The molecule has 1 rings (SSSR count). The molecule has 1 heterocycles. The predicted octanol–water partition coefficient (Wildman–Crippen LogP) is 2.85. The monoisotopic (exact) mass is 132 g/mol. The predicted molar refractivity (Wildman–Crippen MR) is 42.7 cm³/mol. The van der Waals surface area contributed by atoms with Gasteiger partial charge in [0, 0.05) is 13.2 Å². The molecule has 1 nitrogen and oxygen atoms in total. The van der Waals surface area contributed by atoms with Crippen LogP contribution in [0.1, 0.15) is 40.5 Å². The molecule has 0 amide bonds. The molecule has 0 unspecified atom stereocenters. The number of hydrogen-bond donors (Lipinski definition) is 0. The molecule has 1 aliphatic rings. The van der Waals surface area contributed by atoms with Crippen molar-refractivity contribution in [2.45, 2.75) is 40.5 Å². The summed E-state index contributed by atoms with van der Waals surface area (Å²) in [6.07, 6.45) is 5.31. The number of hydrogen-bond acceptors (Lipinski definition) is 1. The summed E-state index contributed by atoms with van der Waals surface area (Å²) < 4.78 is 5.19. The van der Waals surface area contributed by atoms with Gasteiger partial charge >= 0.3 is 0 Å². The van der Waals surface area contributed by atoms with Crippen molar-refractivity contribution in [2.75, 3.05) is 13.2 Å². The second-order valence-corrected chi connectivity index (χ2v) is 2.03. The van der Waals surface area contributed by atoms with Gasteiger partial charge in [0.25, 0.3) is 0 Å². The van der Waals surface area contributed by atoms with Crippen molar-refractivity contribution >= 4 is 0 Å². The summed E-state index contributed by atoms with van der Waals surface area (Å²) in [6.45, 7) is 2.00. The van der Waals surface area contributed by atoms with Crippen LogP contribution < -0.4 is 0 Å². The molecule has 1 fully saturated rings. The van der Waals surface area contributed by atoms with E-state index < -0.39 is 0 Å². The summed E-state index contributed by atoms with van der Waals surface area (Å²) in [4.78, 5) is 0. The quantitative estimate of drug-likeness (QED) is 0.492. The fraction of sp³-hybridized carbons (Fsp3) is 1.00. The Hall–Kier alpha value is -0.0400. The van der Waals surface area contributed by atoms with Crippen molar-refractivity contribution in [3.8, 4) is 0 Å². The highest BCUT2D eigenvalue weighted by atomic mass is 16.5. The van der Waals surface area contributed by atoms with E-state index in [9.17, 15) is 0 Å². The van der Waals surface area contributed by atoms with Crippen LogP contribution in [0.2, 0.25) is 0 Å². The van der Waals surface area contributed by atoms with Crippen molar-refractivity contribution in [3.05, 3.63) is 0 Å². The number of rotatable bonds is 0. The zero-order chi connectivity index (χ0) is 4.95. The third kappa shape index (κ3) is 5.84. The smallest absolute Gasteiger partial charge is 0.0466 e. The second-order valence-electron chi connectivity index (χ2n) is 2.03. The van der Waals surface area contributed by atoms with E-state index in [1.165, 1.54) is 25.7 Å². The summed E-state index contributed by atoms with van der Waals surface area (Å²) in [5.41, 5.74) is 0. The van der Waals surface area contributed by atoms with Crippen LogP contribution in [-0.2, 0) is 4.74 Å². The molecule has 0 saturated carbocycles. The van der Waals surface area contributed by atoms with Gasteiger partial charge in [-0.05, 0) is 12.8 Å². The first-order valence-corrected chi connectivity index (χ1v) is 3.08. The Morgan fingerprint density at radius 1 is 0.667 bits per heavy atom. The van der Waals surface area contributed by atoms with E-state index in [0.717, 1.165) is 13.2 Å². The van der Waals surface area contributed by atoms with Gasteiger partial charge in [-0.25, -0.2) is 0 Å². The van der Waals surface area contributed by atoms with E-state index in [0.29, 0.717) is 0 Å². The van der Waals surface area contributed by atoms with Gasteiger partial charge in [0.1, 0.15) is 0 Å². The molecular weight excluding hydrogens is 112 g/mol. The van der Waals surface area contributed by atoms with Crippen molar-refractivity contribution < 1.29 is 4.74 Å². The lowest BCUT2D eigenvalue weighted by Gasteiger charge is -1.91. The van der Waals surface area contributed by atoms with Gasteiger partial charge in [-0.3, -0.25) is 0 Å². The van der Waals surface area contributed by atoms with Crippen molar-refractivity contribution in [3.63, 3.8) is 0 Å². The molecule has 0 radical (unpaired) electrons. The summed E-state index contributed by atoms with van der Waals surface area (Å²) in [7, 11) is 0. The molecule has 0 aromatic heterocycles. The molecule has 9 heavy (non-hydrogen) atoms. The molecule has 0 N–H and O–H groups in total. The van der Waals surface area contributed by atoms with E-state index in [1.54, 1.807) is 0 Å². The molecule has 0 atom stereocenters. The Labute approximate surface area is 59.4 Å². The van der Waals surface area contributed by atoms with Gasteiger partial charge in [-0.1, -0.05) is 27.7 Å². The van der Waals surface area contributed by atoms with Crippen LogP contribution in [0.25, 0.3) is 0 Å². The zero-order valence-corrected chi connectivity index (χ0v) is 4.65. The molecule has 1 saturated heterocycles.